The van der Waals surface area contributed by atoms with Gasteiger partial charge in [-0.05, 0) is 12.1 Å². The molecule has 0 aliphatic heterocycles. The first-order valence-electron chi connectivity index (χ1n) is 5.45. The summed E-state index contributed by atoms with van der Waals surface area (Å²) < 4.78 is 6.95. The van der Waals surface area contributed by atoms with Crippen LogP contribution < -0.4 is 0 Å². The molecular weight excluding hydrogens is 244 g/mol. The lowest BCUT2D eigenvalue weighted by Crippen LogP contribution is -1.90. The summed E-state index contributed by atoms with van der Waals surface area (Å²) in [6.45, 7) is 0. The van der Waals surface area contributed by atoms with E-state index < -0.39 is 0 Å². The van der Waals surface area contributed by atoms with Crippen LogP contribution in [0.15, 0.2) is 35.4 Å². The number of aromatic nitrogens is 5. The van der Waals surface area contributed by atoms with Crippen molar-refractivity contribution in [1.82, 2.24) is 24.7 Å². The van der Waals surface area contributed by atoms with Crippen LogP contribution >= 0.6 is 0 Å². The highest BCUT2D eigenvalue weighted by Crippen LogP contribution is 2.22. The van der Waals surface area contributed by atoms with Gasteiger partial charge in [-0.1, -0.05) is 5.16 Å². The third-order valence-corrected chi connectivity index (χ3v) is 2.59. The highest BCUT2D eigenvalue weighted by atomic mass is 16.5. The lowest BCUT2D eigenvalue weighted by molar-refractivity contribution is 0.429. The van der Waals surface area contributed by atoms with E-state index in [0.717, 1.165) is 0 Å². The molecule has 0 spiro atoms. The van der Waals surface area contributed by atoms with Gasteiger partial charge in [-0.15, -0.1) is 0 Å². The van der Waals surface area contributed by atoms with E-state index in [1.807, 2.05) is 7.05 Å². The van der Waals surface area contributed by atoms with Crippen LogP contribution in [0.25, 0.3) is 23.1 Å². The van der Waals surface area contributed by atoms with Crippen molar-refractivity contribution in [2.75, 3.05) is 0 Å². The van der Waals surface area contributed by atoms with E-state index in [9.17, 15) is 0 Å². The molecule has 7 nitrogen and oxygen atoms in total. The van der Waals surface area contributed by atoms with Crippen LogP contribution in [0, 0.1) is 11.3 Å². The quantitative estimate of drug-likeness (QED) is 0.684. The van der Waals surface area contributed by atoms with Crippen molar-refractivity contribution in [2.24, 2.45) is 7.05 Å². The van der Waals surface area contributed by atoms with E-state index in [0.29, 0.717) is 28.7 Å². The highest BCUT2D eigenvalue weighted by molar-refractivity contribution is 5.56. The van der Waals surface area contributed by atoms with Gasteiger partial charge in [-0.2, -0.15) is 10.2 Å². The third-order valence-electron chi connectivity index (χ3n) is 2.59. The maximum Gasteiger partial charge on any atom is 0.274 e. The fraction of sp³-hybridized carbons (Fsp3) is 0.0833. The molecule has 0 bridgehead atoms. The minimum absolute atomic E-state index is 0.345. The maximum absolute atomic E-state index is 8.86. The van der Waals surface area contributed by atoms with Crippen LogP contribution in [0.5, 0.6) is 0 Å². The molecule has 3 aromatic heterocycles. The minimum atomic E-state index is 0.345. The Morgan fingerprint density at radius 3 is 3.00 bits per heavy atom. The summed E-state index contributed by atoms with van der Waals surface area (Å²) in [5.41, 5.74) is 1.81. The number of nitrogens with zero attached hydrogens (tertiary/aromatic N) is 6. The van der Waals surface area contributed by atoms with Crippen molar-refractivity contribution in [3.63, 3.8) is 0 Å². The molecule has 0 saturated carbocycles. The van der Waals surface area contributed by atoms with Gasteiger partial charge in [-0.25, -0.2) is 9.97 Å². The van der Waals surface area contributed by atoms with Gasteiger partial charge in [0.1, 0.15) is 23.8 Å². The molecule has 0 atom stereocenters. The molecule has 0 fully saturated rings. The second kappa shape index (κ2) is 4.34. The van der Waals surface area contributed by atoms with E-state index in [1.54, 1.807) is 29.1 Å². The van der Waals surface area contributed by atoms with Crippen LogP contribution in [0.1, 0.15) is 5.56 Å². The van der Waals surface area contributed by atoms with Gasteiger partial charge in [0.2, 0.25) is 5.82 Å². The fourth-order valence-corrected chi connectivity index (χ4v) is 1.69. The summed E-state index contributed by atoms with van der Waals surface area (Å²) >= 11 is 0. The Balaban J connectivity index is 2.02. The molecule has 0 unspecified atom stereocenters. The molecule has 0 radical (unpaired) electrons. The molecule has 0 N–H and O–H groups in total. The Labute approximate surface area is 108 Å². The zero-order chi connectivity index (χ0) is 13.2. The lowest BCUT2D eigenvalue weighted by atomic mass is 10.3. The third kappa shape index (κ3) is 1.95. The van der Waals surface area contributed by atoms with Crippen LogP contribution in [0.2, 0.25) is 0 Å². The summed E-state index contributed by atoms with van der Waals surface area (Å²) in [5, 5.41) is 12.7. The van der Waals surface area contributed by atoms with Crippen molar-refractivity contribution in [2.45, 2.75) is 0 Å². The fourth-order valence-electron chi connectivity index (χ4n) is 1.69. The Hall–Kier alpha value is -3.01. The topological polar surface area (TPSA) is 93.4 Å². The molecule has 92 valence electrons. The van der Waals surface area contributed by atoms with E-state index in [1.165, 1.54) is 6.33 Å². The van der Waals surface area contributed by atoms with Gasteiger partial charge in [-0.3, -0.25) is 0 Å². The average molecular weight is 252 g/mol. The van der Waals surface area contributed by atoms with Crippen molar-refractivity contribution < 1.29 is 4.52 Å². The first-order chi connectivity index (χ1) is 9.28. The Bertz CT molecular complexity index is 752. The number of hydrogen-bond donors (Lipinski definition) is 0. The Morgan fingerprint density at radius 1 is 1.42 bits per heavy atom. The lowest BCUT2D eigenvalue weighted by Gasteiger charge is -1.94. The maximum atomic E-state index is 8.86. The van der Waals surface area contributed by atoms with Gasteiger partial charge >= 0.3 is 0 Å². The van der Waals surface area contributed by atoms with E-state index in [-0.39, 0.29) is 0 Å². The smallest absolute Gasteiger partial charge is 0.274 e. The van der Waals surface area contributed by atoms with Gasteiger partial charge in [0.15, 0.2) is 0 Å². The number of hydrogen-bond acceptors (Lipinski definition) is 6. The van der Waals surface area contributed by atoms with Crippen LogP contribution in [0.3, 0.4) is 0 Å². The highest BCUT2D eigenvalue weighted by Gasteiger charge is 2.14. The molecule has 0 aliphatic carbocycles. The molecule has 3 aromatic rings. The SMILES string of the molecule is Cn1cc(C#N)cc1-c1nc(-c2ccncn2)no1. The van der Waals surface area contributed by atoms with Crippen molar-refractivity contribution in [3.05, 3.63) is 36.4 Å². The van der Waals surface area contributed by atoms with Gasteiger partial charge in [0, 0.05) is 19.4 Å². The summed E-state index contributed by atoms with van der Waals surface area (Å²) in [5.74, 6) is 0.731. The van der Waals surface area contributed by atoms with Gasteiger partial charge in [0.05, 0.1) is 5.56 Å². The van der Waals surface area contributed by atoms with Crippen LogP contribution in [0.4, 0.5) is 0 Å². The minimum Gasteiger partial charge on any atom is -0.345 e. The van der Waals surface area contributed by atoms with Crippen molar-refractivity contribution in [1.29, 1.82) is 5.26 Å². The number of aryl methyl sites for hydroxylation is 1. The van der Waals surface area contributed by atoms with E-state index in [2.05, 4.69) is 26.2 Å². The zero-order valence-corrected chi connectivity index (χ0v) is 9.98. The predicted octanol–water partition coefficient (Wildman–Crippen LogP) is 1.40. The van der Waals surface area contributed by atoms with Crippen molar-refractivity contribution in [3.8, 4) is 29.2 Å². The predicted molar refractivity (Wildman–Crippen MR) is 64.4 cm³/mol. The van der Waals surface area contributed by atoms with E-state index >= 15 is 0 Å². The van der Waals surface area contributed by atoms with Crippen molar-refractivity contribution >= 4 is 0 Å². The van der Waals surface area contributed by atoms with Gasteiger partial charge in [0.25, 0.3) is 5.89 Å². The first-order valence-corrected chi connectivity index (χ1v) is 5.45. The van der Waals surface area contributed by atoms with Gasteiger partial charge < -0.3 is 9.09 Å². The second-order valence-electron chi connectivity index (χ2n) is 3.85. The average Bonchev–Trinajstić information content (AvgIpc) is 3.06. The largest absolute Gasteiger partial charge is 0.345 e. The standard InChI is InChI=1S/C12H8N6O/c1-18-6-8(5-13)4-10(18)12-16-11(17-19-12)9-2-3-14-7-15-9/h2-4,6-7H,1H3. The number of nitriles is 1. The molecule has 0 saturated heterocycles. The molecule has 19 heavy (non-hydrogen) atoms. The number of rotatable bonds is 2. The molecular formula is C12H8N6O. The Kier molecular flexibility index (Phi) is 2.54. The summed E-state index contributed by atoms with van der Waals surface area (Å²) in [4.78, 5) is 12.1. The monoisotopic (exact) mass is 252 g/mol. The molecule has 3 rings (SSSR count). The first kappa shape index (κ1) is 11.1. The zero-order valence-electron chi connectivity index (χ0n) is 9.98. The summed E-state index contributed by atoms with van der Waals surface area (Å²) in [6, 6.07) is 5.45. The molecule has 0 amide bonds. The normalized spacial score (nSPS) is 10.3. The molecule has 7 heteroatoms. The summed E-state index contributed by atoms with van der Waals surface area (Å²) in [7, 11) is 1.81. The van der Waals surface area contributed by atoms with E-state index in [4.69, 9.17) is 9.78 Å². The Morgan fingerprint density at radius 2 is 2.32 bits per heavy atom. The van der Waals surface area contributed by atoms with Crippen LogP contribution in [-0.2, 0) is 7.05 Å². The molecule has 3 heterocycles. The summed E-state index contributed by atoms with van der Waals surface area (Å²) in [6.07, 6.45) is 4.72. The second-order valence-corrected chi connectivity index (χ2v) is 3.85. The van der Waals surface area contributed by atoms with Crippen LogP contribution in [-0.4, -0.2) is 24.7 Å². The molecule has 0 aromatic carbocycles. The molecule has 0 aliphatic rings.